The molecule has 0 saturated heterocycles. The molecule has 158 valence electrons. The lowest BCUT2D eigenvalue weighted by atomic mass is 10.0. The van der Waals surface area contributed by atoms with Crippen molar-refractivity contribution in [3.05, 3.63) is 107 Å². The summed E-state index contributed by atoms with van der Waals surface area (Å²) < 4.78 is 0. The lowest BCUT2D eigenvalue weighted by Gasteiger charge is -2.18. The molecule has 1 N–H and O–H groups in total. The van der Waals surface area contributed by atoms with Gasteiger partial charge >= 0.3 is 0 Å². The van der Waals surface area contributed by atoms with Crippen LogP contribution in [0, 0.1) is 6.92 Å². The molecule has 0 aliphatic rings. The maximum atomic E-state index is 4.89. The largest absolute Gasteiger partial charge is 0.304 e. The van der Waals surface area contributed by atoms with Crippen molar-refractivity contribution in [2.45, 2.75) is 45.8 Å². The number of nitrogens with zero attached hydrogens (tertiary/aromatic N) is 3. The zero-order valence-electron chi connectivity index (χ0n) is 18.3. The molecule has 1 aromatic heterocycles. The summed E-state index contributed by atoms with van der Waals surface area (Å²) in [6.45, 7) is 5.71. The molecule has 0 amide bonds. The Bertz CT molecular complexity index is 1090. The van der Waals surface area contributed by atoms with E-state index in [0.717, 1.165) is 29.8 Å². The number of hydrogen-bond donors (Lipinski definition) is 1. The predicted molar refractivity (Wildman–Crippen MR) is 127 cm³/mol. The summed E-state index contributed by atoms with van der Waals surface area (Å²) in [5.74, 6) is 0. The van der Waals surface area contributed by atoms with Gasteiger partial charge in [0.05, 0.1) is 6.54 Å². The van der Waals surface area contributed by atoms with Crippen LogP contribution in [-0.2, 0) is 13.1 Å². The van der Waals surface area contributed by atoms with Gasteiger partial charge in [-0.1, -0.05) is 98.3 Å². The maximum Gasteiger partial charge on any atom is 0.117 e. The van der Waals surface area contributed by atoms with Crippen molar-refractivity contribution in [1.29, 1.82) is 0 Å². The van der Waals surface area contributed by atoms with Crippen molar-refractivity contribution in [2.24, 2.45) is 0 Å². The minimum atomic E-state index is 0.302. The fourth-order valence-corrected chi connectivity index (χ4v) is 3.91. The topological polar surface area (TPSA) is 42.7 Å². The van der Waals surface area contributed by atoms with E-state index in [1.807, 2.05) is 10.9 Å². The summed E-state index contributed by atoms with van der Waals surface area (Å²) in [6.07, 6.45) is 2.21. The average molecular weight is 411 g/mol. The van der Waals surface area contributed by atoms with Crippen LogP contribution in [0.4, 0.5) is 0 Å². The van der Waals surface area contributed by atoms with Gasteiger partial charge in [-0.15, -0.1) is 0 Å². The lowest BCUT2D eigenvalue weighted by molar-refractivity contribution is 0.485. The van der Waals surface area contributed by atoms with Crippen molar-refractivity contribution in [1.82, 2.24) is 20.3 Å². The molecule has 0 spiro atoms. The van der Waals surface area contributed by atoms with E-state index in [1.54, 1.807) is 0 Å². The molecule has 0 saturated carbocycles. The number of hydrogen-bond acceptors (Lipinski definition) is 3. The molecule has 0 bridgehead atoms. The second-order valence-corrected chi connectivity index (χ2v) is 7.95. The summed E-state index contributed by atoms with van der Waals surface area (Å²) in [5, 5.41) is 13.5. The van der Waals surface area contributed by atoms with Gasteiger partial charge in [0.2, 0.25) is 0 Å². The molecule has 0 aliphatic carbocycles. The first-order valence-electron chi connectivity index (χ1n) is 11.1. The molecule has 0 fully saturated rings. The van der Waals surface area contributed by atoms with E-state index in [0.29, 0.717) is 19.1 Å². The molecule has 0 aliphatic heterocycles. The number of benzene rings is 3. The van der Waals surface area contributed by atoms with Crippen LogP contribution in [0.15, 0.2) is 84.9 Å². The van der Waals surface area contributed by atoms with Crippen molar-refractivity contribution < 1.29 is 0 Å². The standard InChI is InChI=1S/C27H30N4/c1-3-12-25(22-14-6-4-7-15-22)28-19-26-27(23-16-8-5-9-17-23)30-31(29-26)20-24-18-11-10-13-21(24)2/h4-11,13-18,25,28H,3,12,19-20H2,1-2H3/t25-/m0/s1. The molecule has 0 radical (unpaired) electrons. The van der Waals surface area contributed by atoms with Crippen LogP contribution in [0.5, 0.6) is 0 Å². The molecule has 3 aromatic carbocycles. The number of rotatable bonds is 9. The van der Waals surface area contributed by atoms with Gasteiger partial charge in [0, 0.05) is 18.2 Å². The van der Waals surface area contributed by atoms with E-state index in [1.165, 1.54) is 16.7 Å². The Balaban J connectivity index is 1.60. The van der Waals surface area contributed by atoms with Crippen LogP contribution in [0.1, 0.15) is 48.2 Å². The quantitative estimate of drug-likeness (QED) is 0.372. The predicted octanol–water partition coefficient (Wildman–Crippen LogP) is 5.93. The van der Waals surface area contributed by atoms with Crippen molar-refractivity contribution >= 4 is 0 Å². The number of nitrogens with one attached hydrogen (secondary N) is 1. The van der Waals surface area contributed by atoms with Gasteiger partial charge < -0.3 is 5.32 Å². The zero-order chi connectivity index (χ0) is 21.5. The van der Waals surface area contributed by atoms with Crippen LogP contribution in [0.3, 0.4) is 0 Å². The van der Waals surface area contributed by atoms with Crippen LogP contribution >= 0.6 is 0 Å². The Morgan fingerprint density at radius 3 is 2.23 bits per heavy atom. The molecule has 1 atom stereocenters. The first kappa shape index (κ1) is 21.0. The Hall–Kier alpha value is -3.24. The molecular formula is C27H30N4. The lowest BCUT2D eigenvalue weighted by Crippen LogP contribution is -2.21. The van der Waals surface area contributed by atoms with Crippen LogP contribution in [0.25, 0.3) is 11.3 Å². The highest BCUT2D eigenvalue weighted by Crippen LogP contribution is 2.23. The molecule has 4 aromatic rings. The number of aromatic nitrogens is 3. The Labute approximate surface area is 185 Å². The summed E-state index contributed by atoms with van der Waals surface area (Å²) in [5.41, 5.74) is 6.85. The van der Waals surface area contributed by atoms with E-state index in [2.05, 4.69) is 98.0 Å². The minimum absolute atomic E-state index is 0.302. The highest BCUT2D eigenvalue weighted by atomic mass is 15.5. The molecular weight excluding hydrogens is 380 g/mol. The van der Waals surface area contributed by atoms with E-state index < -0.39 is 0 Å². The normalized spacial score (nSPS) is 12.1. The third-order valence-electron chi connectivity index (χ3n) is 5.64. The molecule has 31 heavy (non-hydrogen) atoms. The zero-order valence-corrected chi connectivity index (χ0v) is 18.3. The van der Waals surface area contributed by atoms with Crippen LogP contribution in [-0.4, -0.2) is 15.0 Å². The smallest absolute Gasteiger partial charge is 0.117 e. The second kappa shape index (κ2) is 10.2. The van der Waals surface area contributed by atoms with Gasteiger partial charge in [0.15, 0.2) is 0 Å². The summed E-state index contributed by atoms with van der Waals surface area (Å²) in [4.78, 5) is 1.83. The van der Waals surface area contributed by atoms with Crippen molar-refractivity contribution in [3.63, 3.8) is 0 Å². The molecule has 0 unspecified atom stereocenters. The number of aryl methyl sites for hydroxylation is 1. The Kier molecular flexibility index (Phi) is 6.90. The Morgan fingerprint density at radius 1 is 0.839 bits per heavy atom. The van der Waals surface area contributed by atoms with Gasteiger partial charge in [-0.25, -0.2) is 0 Å². The molecule has 4 heteroatoms. The van der Waals surface area contributed by atoms with E-state index in [9.17, 15) is 0 Å². The fourth-order valence-electron chi connectivity index (χ4n) is 3.91. The fraction of sp³-hybridized carbons (Fsp3) is 0.259. The molecule has 4 nitrogen and oxygen atoms in total. The van der Waals surface area contributed by atoms with Crippen LogP contribution in [0.2, 0.25) is 0 Å². The van der Waals surface area contributed by atoms with Crippen molar-refractivity contribution in [2.75, 3.05) is 0 Å². The summed E-state index contributed by atoms with van der Waals surface area (Å²) >= 11 is 0. The maximum absolute atomic E-state index is 4.89. The van der Waals surface area contributed by atoms with E-state index in [4.69, 9.17) is 10.2 Å². The monoisotopic (exact) mass is 410 g/mol. The minimum Gasteiger partial charge on any atom is -0.304 e. The third kappa shape index (κ3) is 5.28. The van der Waals surface area contributed by atoms with Gasteiger partial charge in [-0.2, -0.15) is 15.0 Å². The average Bonchev–Trinajstić information content (AvgIpc) is 3.22. The highest BCUT2D eigenvalue weighted by Gasteiger charge is 2.16. The van der Waals surface area contributed by atoms with Gasteiger partial charge in [0.25, 0.3) is 0 Å². The van der Waals surface area contributed by atoms with Gasteiger partial charge in [-0.05, 0) is 30.0 Å². The first-order chi connectivity index (χ1) is 15.2. The molecule has 4 rings (SSSR count). The summed E-state index contributed by atoms with van der Waals surface area (Å²) in [7, 11) is 0. The second-order valence-electron chi connectivity index (χ2n) is 7.95. The first-order valence-corrected chi connectivity index (χ1v) is 11.1. The van der Waals surface area contributed by atoms with Crippen LogP contribution < -0.4 is 5.32 Å². The summed E-state index contributed by atoms with van der Waals surface area (Å²) in [6, 6.07) is 29.7. The van der Waals surface area contributed by atoms with Gasteiger partial charge in [0.1, 0.15) is 11.4 Å². The highest BCUT2D eigenvalue weighted by molar-refractivity contribution is 5.60. The Morgan fingerprint density at radius 2 is 1.52 bits per heavy atom. The van der Waals surface area contributed by atoms with E-state index >= 15 is 0 Å². The van der Waals surface area contributed by atoms with Gasteiger partial charge in [-0.3, -0.25) is 0 Å². The van der Waals surface area contributed by atoms with Crippen molar-refractivity contribution in [3.8, 4) is 11.3 Å². The SMILES string of the molecule is CCC[C@H](NCc1nn(Cc2ccccc2C)nc1-c1ccccc1)c1ccccc1. The van der Waals surface area contributed by atoms with E-state index in [-0.39, 0.29) is 0 Å². The molecule has 1 heterocycles. The third-order valence-corrected chi connectivity index (χ3v) is 5.64.